The van der Waals surface area contributed by atoms with Crippen LogP contribution in [0.4, 0.5) is 0 Å². The first-order chi connectivity index (χ1) is 11.6. The highest BCUT2D eigenvalue weighted by Gasteiger charge is 2.31. The third kappa shape index (κ3) is 3.96. The molecule has 1 unspecified atom stereocenters. The molecule has 0 saturated carbocycles. The topological polar surface area (TPSA) is 43.9 Å². The summed E-state index contributed by atoms with van der Waals surface area (Å²) in [5.74, 6) is 0.338. The maximum atomic E-state index is 12.7. The van der Waals surface area contributed by atoms with Crippen LogP contribution in [0.25, 0.3) is 0 Å². The van der Waals surface area contributed by atoms with Crippen LogP contribution in [0.3, 0.4) is 0 Å². The lowest BCUT2D eigenvalue weighted by Crippen LogP contribution is -2.53. The third-order valence-electron chi connectivity index (χ3n) is 5.17. The number of carbonyl (C=O) groups excluding carboxylic acids is 2. The lowest BCUT2D eigenvalue weighted by Gasteiger charge is -2.42. The average molecular weight is 329 g/mol. The lowest BCUT2D eigenvalue weighted by molar-refractivity contribution is -0.136. The number of nitrogens with zero attached hydrogens (tertiary/aromatic N) is 3. The van der Waals surface area contributed by atoms with Gasteiger partial charge >= 0.3 is 0 Å². The van der Waals surface area contributed by atoms with Crippen LogP contribution >= 0.6 is 0 Å². The number of hydrogen-bond donors (Lipinski definition) is 0. The van der Waals surface area contributed by atoms with Crippen molar-refractivity contribution in [3.8, 4) is 0 Å². The second kappa shape index (κ2) is 7.79. The van der Waals surface area contributed by atoms with Gasteiger partial charge in [0.25, 0.3) is 0 Å². The summed E-state index contributed by atoms with van der Waals surface area (Å²) in [6, 6.07) is 10.3. The summed E-state index contributed by atoms with van der Waals surface area (Å²) in [6.07, 6.45) is 3.46. The van der Waals surface area contributed by atoms with E-state index in [1.807, 2.05) is 28.0 Å². The molecule has 5 heteroatoms. The van der Waals surface area contributed by atoms with Crippen LogP contribution in [0.1, 0.15) is 37.8 Å². The van der Waals surface area contributed by atoms with Gasteiger partial charge < -0.3 is 9.80 Å². The smallest absolute Gasteiger partial charge is 0.236 e. The van der Waals surface area contributed by atoms with Gasteiger partial charge in [0.05, 0.1) is 12.6 Å². The molecule has 2 aliphatic rings. The Hall–Kier alpha value is -1.88. The van der Waals surface area contributed by atoms with E-state index in [2.05, 4.69) is 17.0 Å². The minimum atomic E-state index is 0.0950. The number of likely N-dealkylation sites (tertiary alicyclic amines) is 1. The van der Waals surface area contributed by atoms with Crippen molar-refractivity contribution in [1.29, 1.82) is 0 Å². The van der Waals surface area contributed by atoms with E-state index in [-0.39, 0.29) is 17.9 Å². The van der Waals surface area contributed by atoms with Crippen molar-refractivity contribution in [2.75, 3.05) is 39.3 Å². The van der Waals surface area contributed by atoms with Crippen molar-refractivity contribution in [2.45, 2.75) is 32.2 Å². The zero-order valence-electron chi connectivity index (χ0n) is 14.5. The van der Waals surface area contributed by atoms with Gasteiger partial charge in [-0.1, -0.05) is 30.3 Å². The Balaban J connectivity index is 1.72. The summed E-state index contributed by atoms with van der Waals surface area (Å²) in [4.78, 5) is 30.6. The van der Waals surface area contributed by atoms with Crippen LogP contribution in [0.5, 0.6) is 0 Å². The maximum absolute atomic E-state index is 12.7. The number of piperazine rings is 1. The number of piperidine rings is 1. The fourth-order valence-electron chi connectivity index (χ4n) is 3.70. The van der Waals surface area contributed by atoms with Crippen LogP contribution in [0.2, 0.25) is 0 Å². The van der Waals surface area contributed by atoms with Crippen molar-refractivity contribution in [1.82, 2.24) is 14.7 Å². The van der Waals surface area contributed by atoms with E-state index in [0.29, 0.717) is 19.6 Å². The molecule has 130 valence electrons. The molecule has 24 heavy (non-hydrogen) atoms. The van der Waals surface area contributed by atoms with Gasteiger partial charge in [-0.15, -0.1) is 0 Å². The first-order valence-corrected chi connectivity index (χ1v) is 8.97. The predicted molar refractivity (Wildman–Crippen MR) is 93.4 cm³/mol. The normalized spacial score (nSPS) is 22.5. The highest BCUT2D eigenvalue weighted by atomic mass is 16.2. The van der Waals surface area contributed by atoms with E-state index < -0.39 is 0 Å². The van der Waals surface area contributed by atoms with E-state index in [1.165, 1.54) is 12.0 Å². The van der Waals surface area contributed by atoms with Gasteiger partial charge in [0.2, 0.25) is 11.8 Å². The Kier molecular flexibility index (Phi) is 5.51. The van der Waals surface area contributed by atoms with E-state index >= 15 is 0 Å². The molecule has 1 atom stereocenters. The van der Waals surface area contributed by atoms with E-state index in [4.69, 9.17) is 0 Å². The highest BCUT2D eigenvalue weighted by molar-refractivity contribution is 5.78. The molecule has 0 spiro atoms. The standard InChI is InChI=1S/C19H27N3O2/c1-16(23)21-12-13-22(15-19(24)20-10-6-3-7-11-20)18(14-21)17-8-4-2-5-9-17/h2,4-5,8-9,18H,3,6-7,10-15H2,1H3. The van der Waals surface area contributed by atoms with Crippen molar-refractivity contribution >= 4 is 11.8 Å². The summed E-state index contributed by atoms with van der Waals surface area (Å²) in [5.41, 5.74) is 1.18. The molecule has 2 aliphatic heterocycles. The molecule has 2 amide bonds. The number of benzene rings is 1. The largest absolute Gasteiger partial charge is 0.342 e. The molecule has 0 bridgehead atoms. The molecular weight excluding hydrogens is 302 g/mol. The molecule has 2 heterocycles. The minimum absolute atomic E-state index is 0.0950. The Morgan fingerprint density at radius 2 is 1.67 bits per heavy atom. The van der Waals surface area contributed by atoms with Gasteiger partial charge in [0, 0.05) is 39.6 Å². The van der Waals surface area contributed by atoms with Gasteiger partial charge in [0.1, 0.15) is 0 Å². The molecule has 2 fully saturated rings. The molecule has 0 aliphatic carbocycles. The third-order valence-corrected chi connectivity index (χ3v) is 5.17. The van der Waals surface area contributed by atoms with E-state index in [0.717, 1.165) is 32.5 Å². The highest BCUT2D eigenvalue weighted by Crippen LogP contribution is 2.25. The fraction of sp³-hybridized carbons (Fsp3) is 0.579. The number of hydrogen-bond acceptors (Lipinski definition) is 3. The monoisotopic (exact) mass is 329 g/mol. The SMILES string of the molecule is CC(=O)N1CCN(CC(=O)N2CCCCC2)C(c2ccccc2)C1. The summed E-state index contributed by atoms with van der Waals surface area (Å²) < 4.78 is 0. The molecule has 0 N–H and O–H groups in total. The second-order valence-electron chi connectivity index (χ2n) is 6.80. The fourth-order valence-corrected chi connectivity index (χ4v) is 3.70. The molecule has 0 aromatic heterocycles. The Morgan fingerprint density at radius 3 is 2.33 bits per heavy atom. The Bertz CT molecular complexity index is 569. The van der Waals surface area contributed by atoms with Gasteiger partial charge in [-0.25, -0.2) is 0 Å². The van der Waals surface area contributed by atoms with Crippen molar-refractivity contribution in [3.05, 3.63) is 35.9 Å². The van der Waals surface area contributed by atoms with Crippen molar-refractivity contribution < 1.29 is 9.59 Å². The van der Waals surface area contributed by atoms with E-state index in [9.17, 15) is 9.59 Å². The summed E-state index contributed by atoms with van der Waals surface area (Å²) in [5, 5.41) is 0. The van der Waals surface area contributed by atoms with Gasteiger partial charge in [-0.2, -0.15) is 0 Å². The lowest BCUT2D eigenvalue weighted by atomic mass is 10.0. The van der Waals surface area contributed by atoms with Gasteiger partial charge in [-0.05, 0) is 24.8 Å². The molecular formula is C19H27N3O2. The van der Waals surface area contributed by atoms with Crippen LogP contribution in [0, 0.1) is 0 Å². The number of carbonyl (C=O) groups is 2. The van der Waals surface area contributed by atoms with E-state index in [1.54, 1.807) is 6.92 Å². The molecule has 1 aromatic rings. The van der Waals surface area contributed by atoms with Crippen LogP contribution < -0.4 is 0 Å². The summed E-state index contributed by atoms with van der Waals surface area (Å²) in [7, 11) is 0. The maximum Gasteiger partial charge on any atom is 0.236 e. The zero-order chi connectivity index (χ0) is 16.9. The first-order valence-electron chi connectivity index (χ1n) is 8.97. The van der Waals surface area contributed by atoms with Crippen LogP contribution in [-0.4, -0.2) is 65.8 Å². The molecule has 3 rings (SSSR count). The van der Waals surface area contributed by atoms with Crippen LogP contribution in [-0.2, 0) is 9.59 Å². The molecule has 1 aromatic carbocycles. The number of rotatable bonds is 3. The minimum Gasteiger partial charge on any atom is -0.342 e. The summed E-state index contributed by atoms with van der Waals surface area (Å²) >= 11 is 0. The van der Waals surface area contributed by atoms with Crippen molar-refractivity contribution in [2.24, 2.45) is 0 Å². The Morgan fingerprint density at radius 1 is 0.958 bits per heavy atom. The van der Waals surface area contributed by atoms with Crippen LogP contribution in [0.15, 0.2) is 30.3 Å². The molecule has 2 saturated heterocycles. The first kappa shape index (κ1) is 17.0. The Labute approximate surface area is 144 Å². The summed E-state index contributed by atoms with van der Waals surface area (Å²) in [6.45, 7) is 5.96. The second-order valence-corrected chi connectivity index (χ2v) is 6.80. The average Bonchev–Trinajstić information content (AvgIpc) is 2.63. The van der Waals surface area contributed by atoms with Crippen molar-refractivity contribution in [3.63, 3.8) is 0 Å². The zero-order valence-corrected chi connectivity index (χ0v) is 14.5. The predicted octanol–water partition coefficient (Wildman–Crippen LogP) is 1.90. The quantitative estimate of drug-likeness (QED) is 0.851. The van der Waals surface area contributed by atoms with Gasteiger partial charge in [-0.3, -0.25) is 14.5 Å². The van der Waals surface area contributed by atoms with Gasteiger partial charge in [0.15, 0.2) is 0 Å². The number of amides is 2. The molecule has 0 radical (unpaired) electrons. The molecule has 5 nitrogen and oxygen atoms in total.